The fourth-order valence-corrected chi connectivity index (χ4v) is 8.48. The van der Waals surface area contributed by atoms with E-state index in [1.807, 2.05) is 6.08 Å². The fourth-order valence-electron chi connectivity index (χ4n) is 8.48. The van der Waals surface area contributed by atoms with Crippen molar-refractivity contribution >= 4 is 17.9 Å². The molecule has 0 aromatic rings. The molecule has 1 atom stereocenters. The van der Waals surface area contributed by atoms with Crippen LogP contribution in [-0.4, -0.2) is 37.2 Å². The van der Waals surface area contributed by atoms with Gasteiger partial charge in [-0.3, -0.25) is 14.4 Å². The lowest BCUT2D eigenvalue weighted by Gasteiger charge is -2.18. The summed E-state index contributed by atoms with van der Waals surface area (Å²) in [4.78, 5) is 38.4. The van der Waals surface area contributed by atoms with E-state index in [1.165, 1.54) is 83.5 Å². The van der Waals surface area contributed by atoms with Gasteiger partial charge in [0.15, 0.2) is 6.10 Å². The van der Waals surface area contributed by atoms with Crippen LogP contribution >= 0.6 is 0 Å². The SMILES string of the molecule is CC/C=C\C/C=C\C/C=C\C/C=C\C/C=C\C/C=C\C/C=C\CCCCCC(=O)OCC(COC(=O)CC/C=C\C/C=C\C/C=C\C/C=C\C/C=C\C/C=C\CC)OC(=O)CCCCCCCCCCC/C=C\C/C=C\CCCCCCC. The van der Waals surface area contributed by atoms with Crippen LogP contribution in [0.4, 0.5) is 0 Å². The fraction of sp³-hybridized carbons (Fsp3) is 0.571. The first-order valence-electron chi connectivity index (χ1n) is 33.3. The van der Waals surface area contributed by atoms with E-state index < -0.39 is 6.10 Å². The van der Waals surface area contributed by atoms with Crippen molar-refractivity contribution in [2.24, 2.45) is 0 Å². The minimum Gasteiger partial charge on any atom is -0.462 e. The molecule has 0 aromatic heterocycles. The van der Waals surface area contributed by atoms with Crippen LogP contribution in [0, 0.1) is 0 Å². The van der Waals surface area contributed by atoms with Crippen molar-refractivity contribution < 1.29 is 28.6 Å². The van der Waals surface area contributed by atoms with E-state index in [0.717, 1.165) is 135 Å². The third-order valence-corrected chi connectivity index (χ3v) is 13.4. The van der Waals surface area contributed by atoms with E-state index in [1.54, 1.807) is 0 Å². The normalized spacial score (nSPS) is 13.3. The highest BCUT2D eigenvalue weighted by molar-refractivity contribution is 5.71. The summed E-state index contributed by atoms with van der Waals surface area (Å²) in [7, 11) is 0. The molecular formula is C77H120O6. The van der Waals surface area contributed by atoms with Gasteiger partial charge in [0.2, 0.25) is 0 Å². The highest BCUT2D eigenvalue weighted by Gasteiger charge is 2.19. The van der Waals surface area contributed by atoms with Crippen LogP contribution in [0.25, 0.3) is 0 Å². The van der Waals surface area contributed by atoms with E-state index >= 15 is 0 Å². The van der Waals surface area contributed by atoms with Gasteiger partial charge in [0.05, 0.1) is 0 Å². The lowest BCUT2D eigenvalue weighted by Crippen LogP contribution is -2.30. The van der Waals surface area contributed by atoms with E-state index in [-0.39, 0.29) is 37.5 Å². The van der Waals surface area contributed by atoms with Crippen molar-refractivity contribution in [3.05, 3.63) is 182 Å². The van der Waals surface area contributed by atoms with Crippen molar-refractivity contribution in [1.82, 2.24) is 0 Å². The Hall–Kier alpha value is -5.49. The van der Waals surface area contributed by atoms with Gasteiger partial charge in [0.1, 0.15) is 13.2 Å². The highest BCUT2D eigenvalue weighted by Crippen LogP contribution is 2.14. The maximum Gasteiger partial charge on any atom is 0.306 e. The number of carbonyl (C=O) groups excluding carboxylic acids is 3. The van der Waals surface area contributed by atoms with Crippen LogP contribution < -0.4 is 0 Å². The summed E-state index contributed by atoms with van der Waals surface area (Å²) in [5.41, 5.74) is 0. The second-order valence-electron chi connectivity index (χ2n) is 21.3. The molecule has 0 fully saturated rings. The Morgan fingerprint density at radius 2 is 0.494 bits per heavy atom. The summed E-state index contributed by atoms with van der Waals surface area (Å²) in [5.74, 6) is -1.05. The molecule has 0 aliphatic rings. The molecule has 1 unspecified atom stereocenters. The highest BCUT2D eigenvalue weighted by atomic mass is 16.6. The molecule has 0 aliphatic carbocycles. The molecule has 0 rings (SSSR count). The summed E-state index contributed by atoms with van der Waals surface area (Å²) in [6.45, 7) is 6.30. The first-order valence-corrected chi connectivity index (χ1v) is 33.3. The molecule has 0 heterocycles. The van der Waals surface area contributed by atoms with Crippen LogP contribution in [0.2, 0.25) is 0 Å². The van der Waals surface area contributed by atoms with Crippen molar-refractivity contribution in [1.29, 1.82) is 0 Å². The average Bonchev–Trinajstić information content (AvgIpc) is 3.50. The van der Waals surface area contributed by atoms with Gasteiger partial charge in [-0.1, -0.05) is 280 Å². The molecule has 464 valence electrons. The van der Waals surface area contributed by atoms with Gasteiger partial charge in [-0.2, -0.15) is 0 Å². The quantitative estimate of drug-likeness (QED) is 0.0261. The molecule has 0 bridgehead atoms. The minimum atomic E-state index is -0.838. The monoisotopic (exact) mass is 1140 g/mol. The molecule has 0 aromatic carbocycles. The first-order chi connectivity index (χ1) is 41.0. The first kappa shape index (κ1) is 77.5. The molecule has 0 N–H and O–H groups in total. The number of rotatable bonds is 58. The number of unbranched alkanes of at least 4 members (excludes halogenated alkanes) is 17. The predicted octanol–water partition coefficient (Wildman–Crippen LogP) is 23.2. The second-order valence-corrected chi connectivity index (χ2v) is 21.3. The van der Waals surface area contributed by atoms with Crippen molar-refractivity contribution in [3.63, 3.8) is 0 Å². The standard InChI is InChI=1S/C77H120O6/c1-4-7-10-13-16-19-22-25-28-31-34-36-37-38-39-41-43-46-49-52-55-58-61-64-67-70-76(79)82-73-74(72-81-75(78)69-66-63-60-57-54-51-48-45-42-33-30-27-24-21-18-15-12-9-6-3)83-77(80)71-68-65-62-59-56-53-50-47-44-40-35-32-29-26-23-20-17-14-11-8-5-2/h7,9-10,12,16,18-19,21,23,25-28,30,32,34-36,38-39,42-43,45-46,51-52,54-55,60,63,74H,4-6,8,11,13-15,17,20,22,24,29,31,33,37,40-41,44,47-50,53,56-59,61-62,64-73H2,1-3H3/b10-7-,12-9-,19-16-,21-18-,26-23-,28-25-,30-27-,35-32-,36-34-,39-38-,45-42-,46-43-,54-51-,55-52-,63-60-. The third kappa shape index (κ3) is 67.2. The largest absolute Gasteiger partial charge is 0.462 e. The Morgan fingerprint density at radius 1 is 0.253 bits per heavy atom. The van der Waals surface area contributed by atoms with Gasteiger partial charge < -0.3 is 14.2 Å². The molecule has 0 aliphatic heterocycles. The summed E-state index contributed by atoms with van der Waals surface area (Å²) in [5, 5.41) is 0. The summed E-state index contributed by atoms with van der Waals surface area (Å²) in [6, 6.07) is 0. The molecule has 0 radical (unpaired) electrons. The molecule has 83 heavy (non-hydrogen) atoms. The molecule has 0 saturated carbocycles. The molecular weight excluding hydrogens is 1020 g/mol. The van der Waals surface area contributed by atoms with E-state index in [0.29, 0.717) is 19.3 Å². The summed E-state index contributed by atoms with van der Waals surface area (Å²) < 4.78 is 16.9. The van der Waals surface area contributed by atoms with Gasteiger partial charge in [-0.15, -0.1) is 0 Å². The van der Waals surface area contributed by atoms with E-state index in [4.69, 9.17) is 14.2 Å². The van der Waals surface area contributed by atoms with Crippen LogP contribution in [0.3, 0.4) is 0 Å². The lowest BCUT2D eigenvalue weighted by atomic mass is 10.1. The minimum absolute atomic E-state index is 0.130. The number of hydrogen-bond donors (Lipinski definition) is 0. The Labute approximate surface area is 510 Å². The number of ether oxygens (including phenoxy) is 3. The van der Waals surface area contributed by atoms with Gasteiger partial charge in [-0.05, 0) is 148 Å². The maximum absolute atomic E-state index is 12.9. The topological polar surface area (TPSA) is 78.9 Å². The number of hydrogen-bond acceptors (Lipinski definition) is 6. The molecule has 6 heteroatoms. The van der Waals surface area contributed by atoms with E-state index in [9.17, 15) is 14.4 Å². The van der Waals surface area contributed by atoms with Crippen molar-refractivity contribution in [2.75, 3.05) is 13.2 Å². The van der Waals surface area contributed by atoms with Crippen molar-refractivity contribution in [3.8, 4) is 0 Å². The van der Waals surface area contributed by atoms with Gasteiger partial charge in [-0.25, -0.2) is 0 Å². The Bertz CT molecular complexity index is 1940. The maximum atomic E-state index is 12.9. The van der Waals surface area contributed by atoms with Crippen LogP contribution in [0.5, 0.6) is 0 Å². The number of esters is 3. The number of carbonyl (C=O) groups is 3. The Balaban J connectivity index is 4.59. The zero-order valence-corrected chi connectivity index (χ0v) is 53.1. The van der Waals surface area contributed by atoms with Gasteiger partial charge >= 0.3 is 17.9 Å². The van der Waals surface area contributed by atoms with Gasteiger partial charge in [0, 0.05) is 19.3 Å². The van der Waals surface area contributed by atoms with Gasteiger partial charge in [0.25, 0.3) is 0 Å². The third-order valence-electron chi connectivity index (χ3n) is 13.4. The summed E-state index contributed by atoms with van der Waals surface area (Å²) >= 11 is 0. The Kier molecular flexibility index (Phi) is 64.4. The van der Waals surface area contributed by atoms with Crippen LogP contribution in [-0.2, 0) is 28.6 Å². The molecule has 0 saturated heterocycles. The zero-order chi connectivity index (χ0) is 59.9. The zero-order valence-electron chi connectivity index (χ0n) is 53.1. The lowest BCUT2D eigenvalue weighted by molar-refractivity contribution is -0.166. The Morgan fingerprint density at radius 3 is 0.819 bits per heavy atom. The number of allylic oxidation sites excluding steroid dienone is 30. The molecule has 0 spiro atoms. The van der Waals surface area contributed by atoms with Crippen LogP contribution in [0.1, 0.15) is 265 Å². The van der Waals surface area contributed by atoms with Crippen molar-refractivity contribution in [2.45, 2.75) is 271 Å². The summed E-state index contributed by atoms with van der Waals surface area (Å²) in [6.07, 6.45) is 103. The predicted molar refractivity (Wildman–Crippen MR) is 361 cm³/mol. The second kappa shape index (κ2) is 69.0. The smallest absolute Gasteiger partial charge is 0.306 e. The molecule has 6 nitrogen and oxygen atoms in total. The average molecular weight is 1140 g/mol. The van der Waals surface area contributed by atoms with Crippen LogP contribution in [0.15, 0.2) is 182 Å². The molecule has 0 amide bonds. The van der Waals surface area contributed by atoms with E-state index in [2.05, 4.69) is 197 Å².